The molecule has 5 heteroatoms. The van der Waals surface area contributed by atoms with Crippen LogP contribution in [0.5, 0.6) is 0 Å². The number of carboxylic acid groups (broad SMARTS) is 1. The highest BCUT2D eigenvalue weighted by Crippen LogP contribution is 2.69. The molecule has 0 aromatic rings. The summed E-state index contributed by atoms with van der Waals surface area (Å²) in [6.07, 6.45) is 4.45. The number of carboxylic acids is 1. The van der Waals surface area contributed by atoms with Crippen LogP contribution in [-0.2, 0) is 14.3 Å². The molecule has 2 bridgehead atoms. The third-order valence-electron chi connectivity index (χ3n) is 5.93. The first-order chi connectivity index (χ1) is 9.65. The Labute approximate surface area is 118 Å². The van der Waals surface area contributed by atoms with E-state index >= 15 is 0 Å². The number of rotatable bonds is 4. The number of carbonyl (C=O) groups is 2. The summed E-state index contributed by atoms with van der Waals surface area (Å²) in [6, 6.07) is 0. The molecule has 20 heavy (non-hydrogen) atoms. The van der Waals surface area contributed by atoms with Crippen LogP contribution in [0, 0.1) is 29.6 Å². The molecule has 4 fully saturated rings. The van der Waals surface area contributed by atoms with Crippen LogP contribution >= 0.6 is 0 Å². The van der Waals surface area contributed by atoms with Gasteiger partial charge in [-0.3, -0.25) is 4.79 Å². The fourth-order valence-corrected chi connectivity index (χ4v) is 5.05. The van der Waals surface area contributed by atoms with Gasteiger partial charge in [0.2, 0.25) is 5.91 Å². The summed E-state index contributed by atoms with van der Waals surface area (Å²) in [4.78, 5) is 23.0. The van der Waals surface area contributed by atoms with E-state index in [4.69, 9.17) is 9.84 Å². The van der Waals surface area contributed by atoms with Crippen LogP contribution in [0.2, 0.25) is 0 Å². The maximum atomic E-state index is 12.2. The van der Waals surface area contributed by atoms with Crippen molar-refractivity contribution in [2.75, 3.05) is 6.54 Å². The Morgan fingerprint density at radius 2 is 1.80 bits per heavy atom. The van der Waals surface area contributed by atoms with Gasteiger partial charge in [-0.25, -0.2) is 4.79 Å². The van der Waals surface area contributed by atoms with E-state index in [1.165, 1.54) is 19.3 Å². The van der Waals surface area contributed by atoms with Crippen molar-refractivity contribution in [2.24, 2.45) is 29.6 Å². The van der Waals surface area contributed by atoms with Crippen molar-refractivity contribution < 1.29 is 19.4 Å². The van der Waals surface area contributed by atoms with Crippen molar-refractivity contribution in [3.05, 3.63) is 0 Å². The van der Waals surface area contributed by atoms with Crippen LogP contribution in [-0.4, -0.2) is 35.7 Å². The fourth-order valence-electron chi connectivity index (χ4n) is 5.05. The number of ether oxygens (including phenoxy) is 1. The molecular weight excluding hydrogens is 258 g/mol. The van der Waals surface area contributed by atoms with Gasteiger partial charge in [0, 0.05) is 12.5 Å². The van der Waals surface area contributed by atoms with E-state index in [0.717, 1.165) is 18.3 Å². The summed E-state index contributed by atoms with van der Waals surface area (Å²) in [5.74, 6) is 2.46. The summed E-state index contributed by atoms with van der Waals surface area (Å²) in [7, 11) is 0. The Morgan fingerprint density at radius 3 is 2.40 bits per heavy atom. The Kier molecular flexibility index (Phi) is 2.81. The highest BCUT2D eigenvalue weighted by molar-refractivity contribution is 5.82. The number of hydrogen-bond donors (Lipinski definition) is 2. The molecule has 110 valence electrons. The smallest absolute Gasteiger partial charge is 0.332 e. The predicted molar refractivity (Wildman–Crippen MR) is 69.8 cm³/mol. The summed E-state index contributed by atoms with van der Waals surface area (Å²) in [6.45, 7) is 0.466. The van der Waals surface area contributed by atoms with Gasteiger partial charge in [0.15, 0.2) is 6.10 Å². The van der Waals surface area contributed by atoms with Gasteiger partial charge in [-0.1, -0.05) is 0 Å². The van der Waals surface area contributed by atoms with Crippen LogP contribution in [0.4, 0.5) is 0 Å². The maximum absolute atomic E-state index is 12.2. The van der Waals surface area contributed by atoms with Gasteiger partial charge < -0.3 is 15.2 Å². The first-order valence-electron chi connectivity index (χ1n) is 7.81. The monoisotopic (exact) mass is 279 g/mol. The van der Waals surface area contributed by atoms with Gasteiger partial charge in [-0.05, 0) is 55.8 Å². The molecular formula is C15H21NO4. The summed E-state index contributed by atoms with van der Waals surface area (Å²) < 4.78 is 5.41. The van der Waals surface area contributed by atoms with Crippen molar-refractivity contribution in [3.63, 3.8) is 0 Å². The van der Waals surface area contributed by atoms with Crippen molar-refractivity contribution in [1.82, 2.24) is 5.32 Å². The molecule has 2 N–H and O–H groups in total. The zero-order chi connectivity index (χ0) is 13.9. The molecule has 3 aliphatic carbocycles. The lowest BCUT2D eigenvalue weighted by molar-refractivity contribution is -0.149. The topological polar surface area (TPSA) is 75.6 Å². The van der Waals surface area contributed by atoms with E-state index in [0.29, 0.717) is 24.8 Å². The van der Waals surface area contributed by atoms with Gasteiger partial charge in [-0.2, -0.15) is 0 Å². The lowest BCUT2D eigenvalue weighted by atomic mass is 10.0. The molecule has 0 aromatic carbocycles. The Balaban J connectivity index is 1.25. The Morgan fingerprint density at radius 1 is 1.10 bits per heavy atom. The summed E-state index contributed by atoms with van der Waals surface area (Å²) >= 11 is 0. The molecule has 6 unspecified atom stereocenters. The second kappa shape index (κ2) is 4.45. The van der Waals surface area contributed by atoms with Gasteiger partial charge in [-0.15, -0.1) is 0 Å². The number of fused-ring (bicyclic) bond motifs is 5. The van der Waals surface area contributed by atoms with E-state index in [1.54, 1.807) is 0 Å². The third-order valence-corrected chi connectivity index (χ3v) is 5.93. The van der Waals surface area contributed by atoms with E-state index in [2.05, 4.69) is 5.32 Å². The van der Waals surface area contributed by atoms with Gasteiger partial charge in [0.05, 0.1) is 6.10 Å². The third kappa shape index (κ3) is 1.86. The summed E-state index contributed by atoms with van der Waals surface area (Å²) in [5.41, 5.74) is 0. The highest BCUT2D eigenvalue weighted by Gasteiger charge is 2.67. The molecule has 1 saturated heterocycles. The first-order valence-corrected chi connectivity index (χ1v) is 7.81. The first kappa shape index (κ1) is 12.6. The number of aliphatic carboxylic acids is 1. The lowest BCUT2D eigenvalue weighted by Crippen LogP contribution is -2.35. The largest absolute Gasteiger partial charge is 0.479 e. The SMILES string of the molecule is O=C(O)C1CCC(CNC(=O)C2C3C4CCC(C4)C23)O1. The molecule has 1 amide bonds. The molecule has 0 aromatic heterocycles. The molecule has 1 heterocycles. The van der Waals surface area contributed by atoms with Gasteiger partial charge in [0.25, 0.3) is 0 Å². The normalized spacial score (nSPS) is 48.1. The number of hydrogen-bond acceptors (Lipinski definition) is 3. The van der Waals surface area contributed by atoms with Crippen molar-refractivity contribution in [2.45, 2.75) is 44.3 Å². The van der Waals surface area contributed by atoms with Crippen LogP contribution in [0.3, 0.4) is 0 Å². The second-order valence-corrected chi connectivity index (χ2v) is 6.92. The van der Waals surface area contributed by atoms with E-state index in [1.807, 2.05) is 0 Å². The lowest BCUT2D eigenvalue weighted by Gasteiger charge is -2.14. The van der Waals surface area contributed by atoms with E-state index < -0.39 is 12.1 Å². The van der Waals surface area contributed by atoms with E-state index in [9.17, 15) is 9.59 Å². The molecule has 0 radical (unpaired) electrons. The van der Waals surface area contributed by atoms with Gasteiger partial charge >= 0.3 is 5.97 Å². The predicted octanol–water partition coefficient (Wildman–Crippen LogP) is 1.03. The quantitative estimate of drug-likeness (QED) is 0.806. The zero-order valence-corrected chi connectivity index (χ0v) is 11.5. The van der Waals surface area contributed by atoms with Gasteiger partial charge in [0.1, 0.15) is 0 Å². The van der Waals surface area contributed by atoms with Crippen LogP contribution < -0.4 is 5.32 Å². The zero-order valence-electron chi connectivity index (χ0n) is 11.5. The van der Waals surface area contributed by atoms with Crippen LogP contribution in [0.25, 0.3) is 0 Å². The van der Waals surface area contributed by atoms with Crippen LogP contribution in [0.15, 0.2) is 0 Å². The van der Waals surface area contributed by atoms with Crippen molar-refractivity contribution in [1.29, 1.82) is 0 Å². The molecule has 1 aliphatic heterocycles. The number of nitrogens with one attached hydrogen (secondary N) is 1. The number of carbonyl (C=O) groups excluding carboxylic acids is 1. The average molecular weight is 279 g/mol. The minimum absolute atomic E-state index is 0.129. The Bertz CT molecular complexity index is 435. The highest BCUT2D eigenvalue weighted by atomic mass is 16.5. The van der Waals surface area contributed by atoms with Crippen molar-refractivity contribution in [3.8, 4) is 0 Å². The Hall–Kier alpha value is -1.10. The molecule has 5 nitrogen and oxygen atoms in total. The molecule has 4 aliphatic rings. The molecule has 0 spiro atoms. The number of amides is 1. The standard InChI is InChI=1S/C15H21NO4/c17-14(13-11-7-1-2-8(5-7)12(11)13)16-6-9-3-4-10(20-9)15(18)19/h7-13H,1-6H2,(H,16,17)(H,18,19). The molecule has 3 saturated carbocycles. The minimum atomic E-state index is -0.896. The molecule has 4 rings (SSSR count). The fraction of sp³-hybridized carbons (Fsp3) is 0.867. The second-order valence-electron chi connectivity index (χ2n) is 6.92. The van der Waals surface area contributed by atoms with Crippen LogP contribution in [0.1, 0.15) is 32.1 Å². The van der Waals surface area contributed by atoms with E-state index in [-0.39, 0.29) is 17.9 Å². The summed E-state index contributed by atoms with van der Waals surface area (Å²) in [5, 5.41) is 11.9. The average Bonchev–Trinajstić information content (AvgIpc) is 2.84. The van der Waals surface area contributed by atoms with Crippen molar-refractivity contribution >= 4 is 11.9 Å². The maximum Gasteiger partial charge on any atom is 0.332 e. The minimum Gasteiger partial charge on any atom is -0.479 e. The molecule has 6 atom stereocenters.